The Labute approximate surface area is 162 Å². The second-order valence-electron chi connectivity index (χ2n) is 6.79. The van der Waals surface area contributed by atoms with Gasteiger partial charge in [0.25, 0.3) is 0 Å². The number of nitrogens with one attached hydrogen (secondary N) is 1. The van der Waals surface area contributed by atoms with E-state index in [1.165, 1.54) is 0 Å². The highest BCUT2D eigenvalue weighted by atomic mass is 16.3. The smallest absolute Gasteiger partial charge is 0.247 e. The average molecular weight is 375 g/mol. The van der Waals surface area contributed by atoms with Gasteiger partial charge < -0.3 is 14.6 Å². The van der Waals surface area contributed by atoms with Crippen LogP contribution in [0.2, 0.25) is 0 Å². The monoisotopic (exact) mass is 375 g/mol. The van der Waals surface area contributed by atoms with Crippen LogP contribution in [0, 0.1) is 0 Å². The van der Waals surface area contributed by atoms with E-state index in [0.29, 0.717) is 24.5 Å². The van der Waals surface area contributed by atoms with Gasteiger partial charge in [0.05, 0.1) is 0 Å². The Morgan fingerprint density at radius 3 is 2.75 bits per heavy atom. The van der Waals surface area contributed by atoms with E-state index >= 15 is 0 Å². The summed E-state index contributed by atoms with van der Waals surface area (Å²) >= 11 is 0. The van der Waals surface area contributed by atoms with Gasteiger partial charge in [0.15, 0.2) is 5.58 Å². The van der Waals surface area contributed by atoms with E-state index in [0.717, 1.165) is 23.1 Å². The molecule has 1 N–H and O–H groups in total. The molecule has 4 rings (SSSR count). The molecule has 0 aliphatic carbocycles. The summed E-state index contributed by atoms with van der Waals surface area (Å²) in [6, 6.07) is 14.5. The van der Waals surface area contributed by atoms with Gasteiger partial charge >= 0.3 is 0 Å². The number of carbonyl (C=O) groups excluding carboxylic acids is 2. The number of likely N-dealkylation sites (tertiary alicyclic amines) is 1. The second kappa shape index (κ2) is 7.68. The Morgan fingerprint density at radius 1 is 1.21 bits per heavy atom. The van der Waals surface area contributed by atoms with Crippen LogP contribution < -0.4 is 5.32 Å². The molecule has 1 saturated heterocycles. The van der Waals surface area contributed by atoms with Crippen LogP contribution in [0.1, 0.15) is 19.3 Å². The van der Waals surface area contributed by atoms with Gasteiger partial charge in [-0.15, -0.1) is 6.58 Å². The van der Waals surface area contributed by atoms with Gasteiger partial charge in [-0.2, -0.15) is 0 Å². The van der Waals surface area contributed by atoms with Crippen LogP contribution in [0.5, 0.6) is 0 Å². The third-order valence-electron chi connectivity index (χ3n) is 4.89. The van der Waals surface area contributed by atoms with Gasteiger partial charge in [0, 0.05) is 24.2 Å². The zero-order valence-electron chi connectivity index (χ0n) is 15.4. The molecule has 0 saturated carbocycles. The third kappa shape index (κ3) is 3.53. The fraction of sp³-hybridized carbons (Fsp3) is 0.227. The maximum Gasteiger partial charge on any atom is 0.247 e. The summed E-state index contributed by atoms with van der Waals surface area (Å²) in [7, 11) is 0. The minimum Gasteiger partial charge on any atom is -0.436 e. The normalized spacial score (nSPS) is 16.3. The van der Waals surface area contributed by atoms with Crippen molar-refractivity contribution >= 4 is 28.6 Å². The van der Waals surface area contributed by atoms with Crippen molar-refractivity contribution in [3.05, 3.63) is 61.2 Å². The molecule has 6 nitrogen and oxygen atoms in total. The summed E-state index contributed by atoms with van der Waals surface area (Å²) in [5, 5.41) is 2.91. The van der Waals surface area contributed by atoms with Crippen LogP contribution in [-0.4, -0.2) is 34.3 Å². The van der Waals surface area contributed by atoms with Gasteiger partial charge in [0.2, 0.25) is 17.7 Å². The van der Waals surface area contributed by atoms with E-state index in [1.807, 2.05) is 48.5 Å². The molecule has 2 heterocycles. The van der Waals surface area contributed by atoms with Crippen LogP contribution in [0.25, 0.3) is 22.6 Å². The van der Waals surface area contributed by atoms with Crippen LogP contribution in [0.3, 0.4) is 0 Å². The molecular formula is C22H21N3O3. The van der Waals surface area contributed by atoms with E-state index in [4.69, 9.17) is 4.42 Å². The Morgan fingerprint density at radius 2 is 2.00 bits per heavy atom. The van der Waals surface area contributed by atoms with E-state index in [2.05, 4.69) is 16.9 Å². The molecule has 1 aliphatic rings. The first-order chi connectivity index (χ1) is 13.7. The first-order valence-corrected chi connectivity index (χ1v) is 9.33. The highest BCUT2D eigenvalue weighted by Crippen LogP contribution is 2.26. The predicted molar refractivity (Wildman–Crippen MR) is 108 cm³/mol. The molecule has 28 heavy (non-hydrogen) atoms. The third-order valence-corrected chi connectivity index (χ3v) is 4.89. The summed E-state index contributed by atoms with van der Waals surface area (Å²) in [6.45, 7) is 4.21. The van der Waals surface area contributed by atoms with Crippen molar-refractivity contribution in [3.63, 3.8) is 0 Å². The minimum absolute atomic E-state index is 0.0565. The Kier molecular flexibility index (Phi) is 4.93. The Hall–Kier alpha value is -3.41. The number of para-hydroxylation sites is 2. The van der Waals surface area contributed by atoms with Crippen LogP contribution >= 0.6 is 0 Å². The van der Waals surface area contributed by atoms with Crippen molar-refractivity contribution in [1.82, 2.24) is 9.88 Å². The number of rotatable bonds is 5. The highest BCUT2D eigenvalue weighted by Gasteiger charge is 2.33. The minimum atomic E-state index is -0.427. The van der Waals surface area contributed by atoms with Crippen molar-refractivity contribution in [1.29, 1.82) is 0 Å². The molecule has 0 spiro atoms. The standard InChI is InChI=1S/C22H21N3O3/c1-2-6-20(26)25-14-5-8-18(25)21(27)23-16-12-10-15(11-13-16)22-24-17-7-3-4-9-19(17)28-22/h2-4,7,9-13,18H,1,5-6,8,14H2,(H,23,27)/t18-/m1/s1. The fourth-order valence-electron chi connectivity index (χ4n) is 3.50. The van der Waals surface area contributed by atoms with Crippen LogP contribution in [0.4, 0.5) is 5.69 Å². The van der Waals surface area contributed by atoms with Crippen molar-refractivity contribution in [2.45, 2.75) is 25.3 Å². The number of amides is 2. The molecule has 6 heteroatoms. The molecule has 0 radical (unpaired) electrons. The Bertz CT molecular complexity index is 990. The number of carbonyl (C=O) groups is 2. The molecule has 2 aromatic carbocycles. The molecule has 0 unspecified atom stereocenters. The lowest BCUT2D eigenvalue weighted by Gasteiger charge is -2.23. The maximum atomic E-state index is 12.6. The number of nitrogens with zero attached hydrogens (tertiary/aromatic N) is 2. The summed E-state index contributed by atoms with van der Waals surface area (Å²) in [5.41, 5.74) is 3.05. The largest absolute Gasteiger partial charge is 0.436 e. The van der Waals surface area contributed by atoms with Gasteiger partial charge in [0.1, 0.15) is 11.6 Å². The van der Waals surface area contributed by atoms with Crippen LogP contribution in [0.15, 0.2) is 65.6 Å². The summed E-state index contributed by atoms with van der Waals surface area (Å²) in [5.74, 6) is 0.319. The number of oxazole rings is 1. The molecule has 0 bridgehead atoms. The molecule has 2 amide bonds. The molecule has 1 atom stereocenters. The molecule has 142 valence electrons. The quantitative estimate of drug-likeness (QED) is 0.684. The number of benzene rings is 2. The van der Waals surface area contributed by atoms with Crippen molar-refractivity contribution in [3.8, 4) is 11.5 Å². The maximum absolute atomic E-state index is 12.6. The van der Waals surface area contributed by atoms with Gasteiger partial charge in [-0.25, -0.2) is 4.98 Å². The molecular weight excluding hydrogens is 354 g/mol. The first kappa shape index (κ1) is 18.0. The fourth-order valence-corrected chi connectivity index (χ4v) is 3.50. The van der Waals surface area contributed by atoms with E-state index in [1.54, 1.807) is 11.0 Å². The van der Waals surface area contributed by atoms with Crippen molar-refractivity contribution in [2.24, 2.45) is 0 Å². The predicted octanol–water partition coefficient (Wildman–Crippen LogP) is 4.00. The molecule has 1 aliphatic heterocycles. The summed E-state index contributed by atoms with van der Waals surface area (Å²) in [6.07, 6.45) is 3.33. The SMILES string of the molecule is C=CCC(=O)N1CCC[C@@H]1C(=O)Nc1ccc(-c2nc3ccccc3o2)cc1. The van der Waals surface area contributed by atoms with E-state index in [9.17, 15) is 9.59 Å². The van der Waals surface area contributed by atoms with Crippen molar-refractivity contribution < 1.29 is 14.0 Å². The van der Waals surface area contributed by atoms with Gasteiger partial charge in [-0.3, -0.25) is 9.59 Å². The number of anilines is 1. The molecule has 3 aromatic rings. The number of aromatic nitrogens is 1. The first-order valence-electron chi connectivity index (χ1n) is 9.33. The lowest BCUT2D eigenvalue weighted by atomic mass is 10.1. The molecule has 1 fully saturated rings. The zero-order chi connectivity index (χ0) is 19.5. The van der Waals surface area contributed by atoms with Crippen molar-refractivity contribution in [2.75, 3.05) is 11.9 Å². The van der Waals surface area contributed by atoms with Crippen LogP contribution in [-0.2, 0) is 9.59 Å². The lowest BCUT2D eigenvalue weighted by molar-refractivity contribution is -0.135. The van der Waals surface area contributed by atoms with E-state index < -0.39 is 6.04 Å². The highest BCUT2D eigenvalue weighted by molar-refractivity contribution is 5.97. The topological polar surface area (TPSA) is 75.4 Å². The summed E-state index contributed by atoms with van der Waals surface area (Å²) < 4.78 is 5.77. The second-order valence-corrected chi connectivity index (χ2v) is 6.79. The number of hydrogen-bond donors (Lipinski definition) is 1. The summed E-state index contributed by atoms with van der Waals surface area (Å²) in [4.78, 5) is 30.9. The van der Waals surface area contributed by atoms with Gasteiger partial charge in [-0.1, -0.05) is 18.2 Å². The zero-order valence-corrected chi connectivity index (χ0v) is 15.4. The number of fused-ring (bicyclic) bond motifs is 1. The molecule has 1 aromatic heterocycles. The number of hydrogen-bond acceptors (Lipinski definition) is 4. The lowest BCUT2D eigenvalue weighted by Crippen LogP contribution is -2.42. The Balaban J connectivity index is 1.46. The van der Waals surface area contributed by atoms with E-state index in [-0.39, 0.29) is 18.2 Å². The average Bonchev–Trinajstić information content (AvgIpc) is 3.36. The van der Waals surface area contributed by atoms with Gasteiger partial charge in [-0.05, 0) is 49.2 Å².